The molecular formula is C42H74N2O11. The van der Waals surface area contributed by atoms with E-state index >= 15 is 0 Å². The zero-order valence-electron chi connectivity index (χ0n) is 35.9. The highest BCUT2D eigenvalue weighted by Gasteiger charge is 2.52. The lowest BCUT2D eigenvalue weighted by molar-refractivity contribution is -0.302. The normalized spacial score (nSPS) is 41.8. The first-order valence-corrected chi connectivity index (χ1v) is 20.5. The Bertz CT molecular complexity index is 1280. The van der Waals surface area contributed by atoms with Gasteiger partial charge in [0.25, 0.3) is 0 Å². The topological polar surface area (TPSA) is 158 Å². The van der Waals surface area contributed by atoms with Crippen LogP contribution in [0.15, 0.2) is 5.16 Å². The van der Waals surface area contributed by atoms with E-state index in [1.54, 1.807) is 27.9 Å². The van der Waals surface area contributed by atoms with E-state index in [4.69, 9.17) is 44.8 Å². The molecule has 3 N–H and O–H groups in total. The van der Waals surface area contributed by atoms with Crippen LogP contribution in [0.3, 0.4) is 0 Å². The van der Waals surface area contributed by atoms with E-state index in [0.29, 0.717) is 25.0 Å². The number of esters is 1. The van der Waals surface area contributed by atoms with Crippen molar-refractivity contribution in [3.05, 3.63) is 0 Å². The maximum absolute atomic E-state index is 14.1. The zero-order valence-corrected chi connectivity index (χ0v) is 35.9. The number of hydrogen-bond donors (Lipinski definition) is 3. The highest BCUT2D eigenvalue weighted by atomic mass is 16.8. The summed E-state index contributed by atoms with van der Waals surface area (Å²) in [6.07, 6.45) is 4.44. The average Bonchev–Trinajstić information content (AvgIpc) is 3.12. The Morgan fingerprint density at radius 2 is 1.69 bits per heavy atom. The van der Waals surface area contributed by atoms with Crippen molar-refractivity contribution in [2.45, 2.75) is 193 Å². The summed E-state index contributed by atoms with van der Waals surface area (Å²) in [5, 5.41) is 40.5. The summed E-state index contributed by atoms with van der Waals surface area (Å²) < 4.78 is 38.3. The number of nitrogens with zero attached hydrogens (tertiary/aromatic N) is 2. The largest absolute Gasteiger partial charge is 0.459 e. The number of rotatable bonds is 11. The Hall–Kier alpha value is -1.86. The van der Waals surface area contributed by atoms with E-state index in [0.717, 1.165) is 19.3 Å². The molecule has 14 atom stereocenters. The molecule has 1 saturated carbocycles. The van der Waals surface area contributed by atoms with Crippen LogP contribution in [0.2, 0.25) is 0 Å². The average molecular weight is 783 g/mol. The number of terminal acetylenes is 1. The summed E-state index contributed by atoms with van der Waals surface area (Å²) in [6, 6.07) is -0.241. The second-order valence-electron chi connectivity index (χ2n) is 17.4. The SMILES string of the molecule is C#CCO[C@H]1[C@H](C)[C@@H](O[C@@H]2O[C@H](C)C[C@H](N(C)C)[C@H]2O)[C@](C)(OC)C[C@@H](C)/C(=N\OC2(OC(C)C)CCCCC2)[C@H](C)[C@@H](O)[C@](C)(O)[C@@H](CC)OC(=O)[C@@H]1C. The Morgan fingerprint density at radius 3 is 2.24 bits per heavy atom. The Balaban J connectivity index is 2.26. The Kier molecular flexibility index (Phi) is 17.5. The summed E-state index contributed by atoms with van der Waals surface area (Å²) >= 11 is 0. The van der Waals surface area contributed by atoms with Gasteiger partial charge in [0, 0.05) is 43.7 Å². The summed E-state index contributed by atoms with van der Waals surface area (Å²) in [4.78, 5) is 22.5. The second kappa shape index (κ2) is 20.2. The summed E-state index contributed by atoms with van der Waals surface area (Å²) in [5.74, 6) is -1.74. The molecule has 2 aliphatic heterocycles. The summed E-state index contributed by atoms with van der Waals surface area (Å²) in [6.45, 7) is 18.3. The number of hydrogen-bond acceptors (Lipinski definition) is 13. The van der Waals surface area contributed by atoms with Gasteiger partial charge >= 0.3 is 5.97 Å². The van der Waals surface area contributed by atoms with Gasteiger partial charge in [-0.1, -0.05) is 45.2 Å². The molecule has 1 aliphatic carbocycles. The van der Waals surface area contributed by atoms with E-state index in [9.17, 15) is 20.1 Å². The maximum Gasteiger partial charge on any atom is 0.311 e. The first kappa shape index (κ1) is 47.5. The van der Waals surface area contributed by atoms with Gasteiger partial charge in [-0.2, -0.15) is 0 Å². The molecule has 0 spiro atoms. The van der Waals surface area contributed by atoms with Gasteiger partial charge in [0.2, 0.25) is 5.79 Å². The third-order valence-corrected chi connectivity index (χ3v) is 12.3. The number of carbonyl (C=O) groups excluding carboxylic acids is 1. The smallest absolute Gasteiger partial charge is 0.311 e. The van der Waals surface area contributed by atoms with E-state index in [1.165, 1.54) is 6.92 Å². The van der Waals surface area contributed by atoms with Crippen LogP contribution >= 0.6 is 0 Å². The number of aliphatic hydroxyl groups excluding tert-OH is 2. The van der Waals surface area contributed by atoms with E-state index < -0.39 is 83.4 Å². The van der Waals surface area contributed by atoms with Crippen LogP contribution in [0.25, 0.3) is 0 Å². The fourth-order valence-electron chi connectivity index (χ4n) is 9.08. The van der Waals surface area contributed by atoms with Crippen LogP contribution in [-0.4, -0.2) is 132 Å². The minimum absolute atomic E-state index is 0.0960. The molecular weight excluding hydrogens is 708 g/mol. The lowest BCUT2D eigenvalue weighted by Crippen LogP contribution is -2.60. The van der Waals surface area contributed by atoms with Gasteiger partial charge in [-0.05, 0) is 87.7 Å². The molecule has 3 aliphatic rings. The van der Waals surface area contributed by atoms with Crippen molar-refractivity contribution in [1.82, 2.24) is 4.90 Å². The van der Waals surface area contributed by atoms with Crippen molar-refractivity contribution in [2.24, 2.45) is 28.8 Å². The van der Waals surface area contributed by atoms with E-state index in [1.807, 2.05) is 60.5 Å². The molecule has 3 rings (SSSR count). The third kappa shape index (κ3) is 11.4. The molecule has 0 aromatic heterocycles. The first-order valence-electron chi connectivity index (χ1n) is 20.5. The number of oxime groups is 1. The van der Waals surface area contributed by atoms with Gasteiger partial charge in [0.15, 0.2) is 6.29 Å². The van der Waals surface area contributed by atoms with Gasteiger partial charge in [-0.3, -0.25) is 4.79 Å². The second-order valence-corrected chi connectivity index (χ2v) is 17.4. The molecule has 0 amide bonds. The molecule has 0 unspecified atom stereocenters. The zero-order chi connectivity index (χ0) is 41.5. The fraction of sp³-hybridized carbons (Fsp3) is 0.905. The molecule has 55 heavy (non-hydrogen) atoms. The number of methoxy groups -OCH3 is 1. The lowest BCUT2D eigenvalue weighted by atomic mass is 9.73. The standard InChI is InChI=1S/C42H74N2O11/c1-15-22-50-35-29(8)37(53-39-34(45)31(44(12)13)23-27(6)51-39)40(10,49-14)24-26(5)33(43-55-42(54-25(3)4)20-18-17-19-21-42)28(7)36(46)41(11,48)32(16-2)52-38(47)30(35)9/h1,25-32,34-37,39,45-46,48H,16-24H2,2-14H3/b43-33+/t26-,27-,28+,29+,30-,31+,32-,34-,35+,36-,37-,39+,40-,41-/m1/s1. The van der Waals surface area contributed by atoms with E-state index in [2.05, 4.69) is 5.92 Å². The number of likely N-dealkylation sites (N-methyl/N-ethyl adjacent to an activating group) is 1. The van der Waals surface area contributed by atoms with Crippen molar-refractivity contribution in [2.75, 3.05) is 27.8 Å². The third-order valence-electron chi connectivity index (χ3n) is 12.3. The van der Waals surface area contributed by atoms with Crippen molar-refractivity contribution >= 4 is 11.7 Å². The Morgan fingerprint density at radius 1 is 1.05 bits per heavy atom. The minimum atomic E-state index is -1.88. The predicted molar refractivity (Wildman–Crippen MR) is 210 cm³/mol. The number of aliphatic hydroxyl groups is 3. The first-order chi connectivity index (χ1) is 25.7. The Labute approximate surface area is 331 Å². The molecule has 3 fully saturated rings. The number of ether oxygens (including phenoxy) is 6. The molecule has 2 heterocycles. The van der Waals surface area contributed by atoms with Crippen LogP contribution in [0.1, 0.15) is 121 Å². The summed E-state index contributed by atoms with van der Waals surface area (Å²) in [7, 11) is 5.41. The number of cyclic esters (lactones) is 1. The van der Waals surface area contributed by atoms with Crippen LogP contribution < -0.4 is 0 Å². The fourth-order valence-corrected chi connectivity index (χ4v) is 9.08. The molecule has 0 radical (unpaired) electrons. The van der Waals surface area contributed by atoms with Crippen molar-refractivity contribution < 1.29 is 53.4 Å². The van der Waals surface area contributed by atoms with Crippen molar-refractivity contribution in [1.29, 1.82) is 0 Å². The van der Waals surface area contributed by atoms with Gasteiger partial charge in [-0.15, -0.1) is 6.42 Å². The van der Waals surface area contributed by atoms with Gasteiger partial charge in [0.05, 0.1) is 47.8 Å². The highest BCUT2D eigenvalue weighted by Crippen LogP contribution is 2.41. The van der Waals surface area contributed by atoms with Crippen LogP contribution in [0, 0.1) is 36.0 Å². The monoisotopic (exact) mass is 783 g/mol. The molecule has 0 aromatic rings. The van der Waals surface area contributed by atoms with Crippen molar-refractivity contribution in [3.63, 3.8) is 0 Å². The number of carbonyl (C=O) groups is 1. The van der Waals surface area contributed by atoms with Crippen molar-refractivity contribution in [3.8, 4) is 12.3 Å². The van der Waals surface area contributed by atoms with Crippen LogP contribution in [0.5, 0.6) is 0 Å². The van der Waals surface area contributed by atoms with Gasteiger partial charge in [-0.25, -0.2) is 0 Å². The molecule has 0 bridgehead atoms. The van der Waals surface area contributed by atoms with Crippen LogP contribution in [0.4, 0.5) is 0 Å². The van der Waals surface area contributed by atoms with E-state index in [-0.39, 0.29) is 37.7 Å². The molecule has 2 saturated heterocycles. The minimum Gasteiger partial charge on any atom is -0.459 e. The molecule has 13 nitrogen and oxygen atoms in total. The predicted octanol–water partition coefficient (Wildman–Crippen LogP) is 5.06. The molecule has 0 aromatic carbocycles. The van der Waals surface area contributed by atoms with Crippen LogP contribution in [-0.2, 0) is 38.1 Å². The quantitative estimate of drug-likeness (QED) is 0.111. The van der Waals surface area contributed by atoms with Gasteiger partial charge < -0.3 is 53.5 Å². The molecule has 318 valence electrons. The molecule has 13 heteroatoms. The highest BCUT2D eigenvalue weighted by molar-refractivity contribution is 5.88. The summed E-state index contributed by atoms with van der Waals surface area (Å²) in [5.41, 5.74) is -2.55. The van der Waals surface area contributed by atoms with Gasteiger partial charge in [0.1, 0.15) is 24.4 Å². The maximum atomic E-state index is 14.1. The lowest BCUT2D eigenvalue weighted by Gasteiger charge is -2.48.